The summed E-state index contributed by atoms with van der Waals surface area (Å²) in [4.78, 5) is 53.9. The quantitative estimate of drug-likeness (QED) is 0.0440. The van der Waals surface area contributed by atoms with Crippen LogP contribution in [0.1, 0.15) is 79.5 Å². The third-order valence-electron chi connectivity index (χ3n) is 12.5. The third-order valence-corrected chi connectivity index (χ3v) is 22.7. The van der Waals surface area contributed by atoms with Crippen molar-refractivity contribution in [3.63, 3.8) is 0 Å². The van der Waals surface area contributed by atoms with E-state index in [2.05, 4.69) is 90.3 Å². The van der Waals surface area contributed by atoms with E-state index in [-0.39, 0.29) is 40.0 Å². The van der Waals surface area contributed by atoms with Gasteiger partial charge in [-0.25, -0.2) is 14.4 Å². The van der Waals surface area contributed by atoms with Crippen LogP contribution in [-0.2, 0) is 51.5 Å². The van der Waals surface area contributed by atoms with Crippen molar-refractivity contribution in [1.29, 1.82) is 0 Å². The number of benzene rings is 3. The molecule has 3 aromatic rings. The van der Waals surface area contributed by atoms with Crippen LogP contribution in [0.2, 0.25) is 36.3 Å². The maximum Gasteiger partial charge on any atom is 0.338 e. The van der Waals surface area contributed by atoms with Gasteiger partial charge in [0.25, 0.3) is 0 Å². The molecule has 2 saturated heterocycles. The normalized spacial score (nSPS) is 26.4. The lowest BCUT2D eigenvalue weighted by molar-refractivity contribution is -0.308. The van der Waals surface area contributed by atoms with Gasteiger partial charge in [0, 0.05) is 14.0 Å². The van der Waals surface area contributed by atoms with Crippen molar-refractivity contribution in [1.82, 2.24) is 0 Å². The second-order valence-corrected chi connectivity index (χ2v) is 30.2. The summed E-state index contributed by atoms with van der Waals surface area (Å²) in [6.07, 6.45) is -9.94. The van der Waals surface area contributed by atoms with Crippen LogP contribution < -0.4 is 0 Å². The van der Waals surface area contributed by atoms with Crippen molar-refractivity contribution in [3.8, 4) is 0 Å². The first-order valence-electron chi connectivity index (χ1n) is 21.8. The molecule has 2 fully saturated rings. The third kappa shape index (κ3) is 13.3. The summed E-state index contributed by atoms with van der Waals surface area (Å²) < 4.78 is 63.7. The lowest BCUT2D eigenvalue weighted by atomic mass is 9.97. The Labute approximate surface area is 399 Å². The van der Waals surface area contributed by atoms with E-state index in [4.69, 9.17) is 46.7 Å². The van der Waals surface area contributed by atoms with Crippen molar-refractivity contribution in [3.05, 3.63) is 108 Å². The Morgan fingerprint density at radius 2 is 0.938 bits per heavy atom. The van der Waals surface area contributed by atoms with Crippen LogP contribution in [0.3, 0.4) is 0 Å². The fraction of sp³-hybridized carbons (Fsp3) is 0.542. The van der Waals surface area contributed by atoms with Crippen molar-refractivity contribution in [2.45, 2.75) is 144 Å². The summed E-state index contributed by atoms with van der Waals surface area (Å²) in [5.74, 6) is -2.78. The topological polar surface area (TPSA) is 161 Å². The summed E-state index contributed by atoms with van der Waals surface area (Å²) in [6.45, 7) is 22.4. The summed E-state index contributed by atoms with van der Waals surface area (Å²) in [5, 5.41) is -0.358. The van der Waals surface area contributed by atoms with Crippen molar-refractivity contribution in [2.24, 2.45) is 0 Å². The van der Waals surface area contributed by atoms with E-state index in [0.717, 1.165) is 0 Å². The molecule has 2 aliphatic rings. The van der Waals surface area contributed by atoms with Crippen LogP contribution in [0.25, 0.3) is 0 Å². The highest BCUT2D eigenvalue weighted by Crippen LogP contribution is 2.45. The lowest BCUT2D eigenvalue weighted by Gasteiger charge is -2.52. The van der Waals surface area contributed by atoms with Gasteiger partial charge in [0.1, 0.15) is 24.9 Å². The molecule has 0 aromatic heterocycles. The second-order valence-electron chi connectivity index (χ2n) is 19.3. The Balaban J connectivity index is 1.56. The van der Waals surface area contributed by atoms with Gasteiger partial charge in [-0.1, -0.05) is 119 Å². The van der Waals surface area contributed by atoms with Crippen LogP contribution in [0.15, 0.2) is 91.0 Å². The van der Waals surface area contributed by atoms with Gasteiger partial charge in [0.15, 0.2) is 47.5 Å². The minimum Gasteiger partial charge on any atom is -0.463 e. The monoisotopic (exact) mass is 1050 g/mol. The van der Waals surface area contributed by atoms with Crippen molar-refractivity contribution in [2.75, 3.05) is 20.3 Å². The van der Waals surface area contributed by atoms with Gasteiger partial charge in [0.05, 0.1) is 33.3 Å². The Morgan fingerprint density at radius 3 is 1.35 bits per heavy atom. The number of esters is 4. The van der Waals surface area contributed by atoms with E-state index in [0.29, 0.717) is 0 Å². The average molecular weight is 1050 g/mol. The molecule has 0 bridgehead atoms. The standard InChI is InChI=1S/C48H65IO14Si2/c1-30(50)55-28-35-38(62-64(9,10)47(2,3)4)39(63-65(11,12)48(5,6)7)36(49)45(57-35)56-29-34-37(59-42(51)31-22-16-13-17-23-31)40(60-43(52)32-24-18-14-19-25-32)41(46(54-8)58-34)61-44(53)33-26-20-15-21-27-33/h13-27,34-41,45-46H,28-29H2,1-12H3/t34-,35-,36-,37-,38-,39-,40+,41-,45+,46-/m1/s1. The highest BCUT2D eigenvalue weighted by Gasteiger charge is 2.56. The SMILES string of the molecule is CO[C@@H]1O[C@H](CO[C@H]2O[C@H](COC(C)=O)[C@@H](O[Si](C)(C)C(C)(C)C)[C@H](O[Si](C)(C)C(C)(C)C)[C@H]2I)[C@@H](OC(=O)c2ccccc2)[C@H](OC(=O)c2ccccc2)[C@H]1OC(=O)c1ccccc1. The number of alkyl halides is 1. The molecule has 0 spiro atoms. The van der Waals surface area contributed by atoms with Gasteiger partial charge in [-0.15, -0.1) is 0 Å². The van der Waals surface area contributed by atoms with E-state index in [1.54, 1.807) is 91.0 Å². The molecule has 0 saturated carbocycles. The number of halogens is 1. The van der Waals surface area contributed by atoms with E-state index in [9.17, 15) is 19.2 Å². The Kier molecular flexibility index (Phi) is 17.8. The van der Waals surface area contributed by atoms with Gasteiger partial charge in [-0.2, -0.15) is 0 Å². The molecule has 65 heavy (non-hydrogen) atoms. The predicted molar refractivity (Wildman–Crippen MR) is 256 cm³/mol. The maximum absolute atomic E-state index is 14.0. The lowest BCUT2D eigenvalue weighted by Crippen LogP contribution is -2.65. The predicted octanol–water partition coefficient (Wildman–Crippen LogP) is 8.92. The number of carbonyl (C=O) groups excluding carboxylic acids is 4. The molecule has 0 unspecified atom stereocenters. The molecule has 2 aliphatic heterocycles. The summed E-state index contributed by atoms with van der Waals surface area (Å²) >= 11 is 2.27. The molecule has 356 valence electrons. The van der Waals surface area contributed by atoms with Crippen molar-refractivity contribution < 1.29 is 65.9 Å². The van der Waals surface area contributed by atoms with E-state index < -0.39 is 99.7 Å². The van der Waals surface area contributed by atoms with E-state index in [1.165, 1.54) is 14.0 Å². The zero-order chi connectivity index (χ0) is 47.9. The van der Waals surface area contributed by atoms with Crippen molar-refractivity contribution >= 4 is 63.1 Å². The van der Waals surface area contributed by atoms with Crippen LogP contribution in [0.5, 0.6) is 0 Å². The molecule has 17 heteroatoms. The molecular weight excluding hydrogens is 984 g/mol. The largest absolute Gasteiger partial charge is 0.463 e. The molecule has 0 N–H and O–H groups in total. The van der Waals surface area contributed by atoms with Crippen LogP contribution in [0, 0.1) is 0 Å². The smallest absolute Gasteiger partial charge is 0.338 e. The van der Waals surface area contributed by atoms with Gasteiger partial charge >= 0.3 is 23.9 Å². The number of carbonyl (C=O) groups is 4. The van der Waals surface area contributed by atoms with Gasteiger partial charge in [0.2, 0.25) is 0 Å². The van der Waals surface area contributed by atoms with Gasteiger partial charge in [-0.3, -0.25) is 4.79 Å². The molecule has 10 atom stereocenters. The summed E-state index contributed by atoms with van der Waals surface area (Å²) in [7, 11) is -3.64. The van der Waals surface area contributed by atoms with E-state index >= 15 is 0 Å². The first-order chi connectivity index (χ1) is 30.4. The minimum absolute atomic E-state index is 0.135. The number of ether oxygens (including phenoxy) is 8. The number of methoxy groups -OCH3 is 1. The Morgan fingerprint density at radius 1 is 0.554 bits per heavy atom. The van der Waals surface area contributed by atoms with Gasteiger partial charge < -0.3 is 46.7 Å². The van der Waals surface area contributed by atoms with Crippen LogP contribution >= 0.6 is 22.6 Å². The minimum atomic E-state index is -2.51. The second kappa shape index (κ2) is 22.1. The zero-order valence-corrected chi connectivity index (χ0v) is 43.6. The highest BCUT2D eigenvalue weighted by molar-refractivity contribution is 14.1. The Hall–Kier alpha value is -3.54. The average Bonchev–Trinajstić information content (AvgIpc) is 3.25. The molecule has 14 nitrogen and oxygen atoms in total. The maximum atomic E-state index is 14.0. The summed E-state index contributed by atoms with van der Waals surface area (Å²) in [6, 6.07) is 24.8. The van der Waals surface area contributed by atoms with Gasteiger partial charge in [-0.05, 0) is 72.7 Å². The fourth-order valence-corrected chi connectivity index (χ4v) is 10.6. The molecule has 0 aliphatic carbocycles. The molecule has 0 radical (unpaired) electrons. The highest BCUT2D eigenvalue weighted by atomic mass is 127. The molecular formula is C48H65IO14Si2. The molecule has 2 heterocycles. The molecule has 5 rings (SSSR count). The van der Waals surface area contributed by atoms with Crippen LogP contribution in [-0.4, -0.2) is 120 Å². The first-order valence-corrected chi connectivity index (χ1v) is 28.9. The van der Waals surface area contributed by atoms with Crippen LogP contribution in [0.4, 0.5) is 0 Å². The molecule has 3 aromatic carbocycles. The Bertz CT molecular complexity index is 2040. The van der Waals surface area contributed by atoms with E-state index in [1.807, 2.05) is 0 Å². The number of rotatable bonds is 16. The fourth-order valence-electron chi connectivity index (χ4n) is 6.74. The summed E-state index contributed by atoms with van der Waals surface area (Å²) in [5.41, 5.74) is 0.628. The molecule has 0 amide bonds. The zero-order valence-electron chi connectivity index (χ0n) is 39.4. The number of hydrogen-bond donors (Lipinski definition) is 0. The number of hydrogen-bond acceptors (Lipinski definition) is 14. The first kappa shape index (κ1) is 52.4.